The summed E-state index contributed by atoms with van der Waals surface area (Å²) in [5.41, 5.74) is 0.865. The molecule has 7 nitrogen and oxygen atoms in total. The van der Waals surface area contributed by atoms with E-state index >= 15 is 0 Å². The fourth-order valence-corrected chi connectivity index (χ4v) is 2.07. The first-order valence-corrected chi connectivity index (χ1v) is 6.90. The summed E-state index contributed by atoms with van der Waals surface area (Å²) in [6.07, 6.45) is 0.415. The van der Waals surface area contributed by atoms with E-state index in [0.717, 1.165) is 5.56 Å². The minimum absolute atomic E-state index is 0.155. The largest absolute Gasteiger partial charge is 0.377 e. The van der Waals surface area contributed by atoms with E-state index in [0.29, 0.717) is 25.4 Å². The zero-order valence-electron chi connectivity index (χ0n) is 11.7. The molecule has 2 heterocycles. The monoisotopic (exact) mass is 306 g/mol. The molecule has 2 N–H and O–H groups in total. The molecule has 3 rings (SSSR count). The second kappa shape index (κ2) is 6.52. The molecule has 1 atom stereocenters. The highest BCUT2D eigenvalue weighted by molar-refractivity contribution is 5.84. The van der Waals surface area contributed by atoms with Crippen molar-refractivity contribution in [3.8, 4) is 0 Å². The van der Waals surface area contributed by atoms with Gasteiger partial charge in [-0.3, -0.25) is 4.79 Å². The molecule has 1 aliphatic rings. The number of anilines is 1. The van der Waals surface area contributed by atoms with Gasteiger partial charge in [-0.15, -0.1) is 0 Å². The van der Waals surface area contributed by atoms with E-state index in [1.54, 1.807) is 12.1 Å². The Bertz CT molecular complexity index is 644. The average molecular weight is 306 g/mol. The van der Waals surface area contributed by atoms with Crippen LogP contribution in [0.1, 0.15) is 11.4 Å². The van der Waals surface area contributed by atoms with Crippen molar-refractivity contribution in [3.05, 3.63) is 41.5 Å². The van der Waals surface area contributed by atoms with E-state index in [4.69, 9.17) is 9.26 Å². The van der Waals surface area contributed by atoms with Crippen LogP contribution in [0.25, 0.3) is 0 Å². The first-order chi connectivity index (χ1) is 10.7. The number of hydrogen-bond donors (Lipinski definition) is 2. The molecule has 116 valence electrons. The number of aromatic nitrogens is 2. The number of carbonyl (C=O) groups is 1. The van der Waals surface area contributed by atoms with Crippen molar-refractivity contribution < 1.29 is 18.4 Å². The maximum absolute atomic E-state index is 12.9. The summed E-state index contributed by atoms with van der Waals surface area (Å²) in [4.78, 5) is 15.9. The van der Waals surface area contributed by atoms with Gasteiger partial charge in [0.05, 0.1) is 13.2 Å². The van der Waals surface area contributed by atoms with Crippen molar-refractivity contribution in [3.63, 3.8) is 0 Å². The van der Waals surface area contributed by atoms with Crippen LogP contribution in [0.3, 0.4) is 0 Å². The molecule has 8 heteroatoms. The molecule has 0 spiro atoms. The van der Waals surface area contributed by atoms with Crippen LogP contribution < -0.4 is 10.6 Å². The average Bonchev–Trinajstić information content (AvgIpc) is 2.85. The third kappa shape index (κ3) is 3.59. The topological polar surface area (TPSA) is 89.3 Å². The number of rotatable bonds is 4. The van der Waals surface area contributed by atoms with Gasteiger partial charge in [0, 0.05) is 13.0 Å². The second-order valence-electron chi connectivity index (χ2n) is 4.88. The molecule has 0 aliphatic carbocycles. The zero-order chi connectivity index (χ0) is 15.4. The molecule has 0 saturated carbocycles. The number of nitrogens with zero attached hydrogens (tertiary/aromatic N) is 2. The third-order valence-corrected chi connectivity index (χ3v) is 3.19. The highest BCUT2D eigenvalue weighted by atomic mass is 19.1. The molecular weight excluding hydrogens is 291 g/mol. The van der Waals surface area contributed by atoms with E-state index < -0.39 is 6.04 Å². The number of halogens is 1. The highest BCUT2D eigenvalue weighted by Gasteiger charge is 2.23. The number of hydrogen-bond acceptors (Lipinski definition) is 6. The molecule has 0 bridgehead atoms. The molecule has 1 fully saturated rings. The lowest BCUT2D eigenvalue weighted by Gasteiger charge is -2.11. The molecule has 22 heavy (non-hydrogen) atoms. The Morgan fingerprint density at radius 1 is 1.36 bits per heavy atom. The van der Waals surface area contributed by atoms with Crippen LogP contribution in [0.15, 0.2) is 28.8 Å². The van der Waals surface area contributed by atoms with E-state index in [1.807, 2.05) is 0 Å². The van der Waals surface area contributed by atoms with Gasteiger partial charge in [0.2, 0.25) is 5.91 Å². The third-order valence-electron chi connectivity index (χ3n) is 3.19. The van der Waals surface area contributed by atoms with Crippen LogP contribution in [0.5, 0.6) is 0 Å². The van der Waals surface area contributed by atoms with Crippen LogP contribution >= 0.6 is 0 Å². The van der Waals surface area contributed by atoms with Crippen molar-refractivity contribution in [2.24, 2.45) is 0 Å². The lowest BCUT2D eigenvalue weighted by atomic mass is 10.1. The lowest BCUT2D eigenvalue weighted by molar-refractivity contribution is -0.121. The molecule has 1 saturated heterocycles. The SMILES string of the molecule is O=C1NCCOCC1Nc1nc(Cc2ccc(F)cc2)no1. The molecule has 1 aromatic heterocycles. The molecule has 1 unspecified atom stereocenters. The van der Waals surface area contributed by atoms with Gasteiger partial charge in [0.15, 0.2) is 5.82 Å². The Labute approximate surface area is 125 Å². The lowest BCUT2D eigenvalue weighted by Crippen LogP contribution is -2.40. The van der Waals surface area contributed by atoms with Gasteiger partial charge in [-0.1, -0.05) is 17.3 Å². The fourth-order valence-electron chi connectivity index (χ4n) is 2.07. The van der Waals surface area contributed by atoms with Crippen LogP contribution in [0, 0.1) is 5.82 Å². The molecule has 1 aliphatic heterocycles. The minimum atomic E-state index is -0.568. The van der Waals surface area contributed by atoms with Gasteiger partial charge in [0.25, 0.3) is 0 Å². The first-order valence-electron chi connectivity index (χ1n) is 6.90. The molecule has 1 amide bonds. The second-order valence-corrected chi connectivity index (χ2v) is 4.88. The van der Waals surface area contributed by atoms with Gasteiger partial charge in [-0.05, 0) is 17.7 Å². The quantitative estimate of drug-likeness (QED) is 0.865. The highest BCUT2D eigenvalue weighted by Crippen LogP contribution is 2.11. The summed E-state index contributed by atoms with van der Waals surface area (Å²) >= 11 is 0. The van der Waals surface area contributed by atoms with Crippen LogP contribution in [0.2, 0.25) is 0 Å². The summed E-state index contributed by atoms with van der Waals surface area (Å²) in [6.45, 7) is 1.20. The number of benzene rings is 1. The molecular formula is C14H15FN4O3. The van der Waals surface area contributed by atoms with Crippen molar-refractivity contribution >= 4 is 11.9 Å². The standard InChI is InChI=1S/C14H15FN4O3/c15-10-3-1-9(2-4-10)7-12-18-14(22-19-12)17-11-8-21-6-5-16-13(11)20/h1-4,11H,5-8H2,(H,16,20)(H,17,18,19). The minimum Gasteiger partial charge on any atom is -0.377 e. The molecule has 0 radical (unpaired) electrons. The number of ether oxygens (including phenoxy) is 1. The Morgan fingerprint density at radius 2 is 2.18 bits per heavy atom. The zero-order valence-corrected chi connectivity index (χ0v) is 11.7. The van der Waals surface area contributed by atoms with E-state index in [-0.39, 0.29) is 24.3 Å². The van der Waals surface area contributed by atoms with Crippen molar-refractivity contribution in [2.45, 2.75) is 12.5 Å². The van der Waals surface area contributed by atoms with Crippen LogP contribution in [-0.4, -0.2) is 41.8 Å². The summed E-state index contributed by atoms with van der Waals surface area (Å²) in [5, 5.41) is 9.40. The van der Waals surface area contributed by atoms with Gasteiger partial charge in [0.1, 0.15) is 11.9 Å². The van der Waals surface area contributed by atoms with Crippen LogP contribution in [-0.2, 0) is 16.0 Å². The van der Waals surface area contributed by atoms with Crippen molar-refractivity contribution in [2.75, 3.05) is 25.1 Å². The predicted molar refractivity (Wildman–Crippen MR) is 74.7 cm³/mol. The molecule has 1 aromatic carbocycles. The Morgan fingerprint density at radius 3 is 3.00 bits per heavy atom. The number of nitrogens with one attached hydrogen (secondary N) is 2. The predicted octanol–water partition coefficient (Wildman–Crippen LogP) is 0.726. The normalized spacial score (nSPS) is 18.6. The smallest absolute Gasteiger partial charge is 0.322 e. The van der Waals surface area contributed by atoms with Gasteiger partial charge >= 0.3 is 6.01 Å². The number of amides is 1. The van der Waals surface area contributed by atoms with Crippen molar-refractivity contribution in [1.29, 1.82) is 0 Å². The maximum atomic E-state index is 12.9. The maximum Gasteiger partial charge on any atom is 0.322 e. The Balaban J connectivity index is 1.63. The van der Waals surface area contributed by atoms with E-state index in [2.05, 4.69) is 20.8 Å². The Hall–Kier alpha value is -2.48. The van der Waals surface area contributed by atoms with Crippen molar-refractivity contribution in [1.82, 2.24) is 15.5 Å². The van der Waals surface area contributed by atoms with Crippen LogP contribution in [0.4, 0.5) is 10.4 Å². The van der Waals surface area contributed by atoms with E-state index in [1.165, 1.54) is 12.1 Å². The molecule has 2 aromatic rings. The van der Waals surface area contributed by atoms with Gasteiger partial charge in [-0.25, -0.2) is 4.39 Å². The number of carbonyl (C=O) groups excluding carboxylic acids is 1. The Kier molecular flexibility index (Phi) is 4.29. The van der Waals surface area contributed by atoms with Gasteiger partial charge < -0.3 is 19.9 Å². The summed E-state index contributed by atoms with van der Waals surface area (Å²) in [6, 6.07) is 5.66. The summed E-state index contributed by atoms with van der Waals surface area (Å²) < 4.78 is 23.2. The first kappa shape index (κ1) is 14.5. The van der Waals surface area contributed by atoms with Gasteiger partial charge in [-0.2, -0.15) is 4.98 Å². The van der Waals surface area contributed by atoms with E-state index in [9.17, 15) is 9.18 Å². The summed E-state index contributed by atoms with van der Waals surface area (Å²) in [5.74, 6) is -0.0153. The summed E-state index contributed by atoms with van der Waals surface area (Å²) in [7, 11) is 0. The fraction of sp³-hybridized carbons (Fsp3) is 0.357.